The maximum absolute atomic E-state index is 5.06. The Hall–Kier alpha value is 0.270. The summed E-state index contributed by atoms with van der Waals surface area (Å²) in [5, 5.41) is 3.66. The topological polar surface area (TPSA) is 21.3 Å². The number of hydrogen-bond donors (Lipinski definition) is 1. The molecule has 1 unspecified atom stereocenters. The fraction of sp³-hybridized carbons (Fsp3) is 1.00. The van der Waals surface area contributed by atoms with E-state index in [4.69, 9.17) is 4.74 Å². The molecule has 0 spiro atoms. The third-order valence-electron chi connectivity index (χ3n) is 2.50. The normalized spacial score (nSPS) is 21.7. The van der Waals surface area contributed by atoms with Crippen molar-refractivity contribution in [2.75, 3.05) is 25.2 Å². The zero-order chi connectivity index (χ0) is 9.52. The molecule has 1 atom stereocenters. The SMILES string of the molecule is COCCC(C)NC1CCSCC1. The fourth-order valence-electron chi connectivity index (χ4n) is 1.64. The molecule has 1 rings (SSSR count). The second kappa shape index (κ2) is 6.68. The number of nitrogens with one attached hydrogen (secondary N) is 1. The Labute approximate surface area is 85.8 Å². The summed E-state index contributed by atoms with van der Waals surface area (Å²) >= 11 is 2.08. The van der Waals surface area contributed by atoms with Crippen LogP contribution in [-0.2, 0) is 4.74 Å². The Morgan fingerprint density at radius 2 is 2.15 bits per heavy atom. The Kier molecular flexibility index (Phi) is 5.83. The quantitative estimate of drug-likeness (QED) is 0.737. The van der Waals surface area contributed by atoms with Gasteiger partial charge in [0.25, 0.3) is 0 Å². The maximum Gasteiger partial charge on any atom is 0.0476 e. The third kappa shape index (κ3) is 4.89. The van der Waals surface area contributed by atoms with Crippen molar-refractivity contribution in [1.29, 1.82) is 0 Å². The van der Waals surface area contributed by atoms with E-state index >= 15 is 0 Å². The van der Waals surface area contributed by atoms with E-state index in [1.807, 2.05) is 0 Å². The first kappa shape index (κ1) is 11.3. The molecule has 0 aliphatic carbocycles. The van der Waals surface area contributed by atoms with Crippen molar-refractivity contribution in [2.24, 2.45) is 0 Å². The van der Waals surface area contributed by atoms with Crippen molar-refractivity contribution in [2.45, 2.75) is 38.3 Å². The molecule has 1 N–H and O–H groups in total. The average Bonchev–Trinajstić information content (AvgIpc) is 2.16. The molecule has 1 aliphatic heterocycles. The Balaban J connectivity index is 2.07. The van der Waals surface area contributed by atoms with Gasteiger partial charge in [0.2, 0.25) is 0 Å². The largest absolute Gasteiger partial charge is 0.385 e. The molecule has 78 valence electrons. The van der Waals surface area contributed by atoms with Crippen LogP contribution in [0.25, 0.3) is 0 Å². The molecule has 2 nitrogen and oxygen atoms in total. The lowest BCUT2D eigenvalue weighted by atomic mass is 10.1. The fourth-order valence-corrected chi connectivity index (χ4v) is 2.75. The minimum atomic E-state index is 0.605. The second-order valence-electron chi connectivity index (χ2n) is 3.74. The van der Waals surface area contributed by atoms with Crippen molar-refractivity contribution >= 4 is 11.8 Å². The predicted molar refractivity (Wildman–Crippen MR) is 59.4 cm³/mol. The van der Waals surface area contributed by atoms with Crippen molar-refractivity contribution < 1.29 is 4.74 Å². The smallest absolute Gasteiger partial charge is 0.0476 e. The Bertz CT molecular complexity index is 126. The summed E-state index contributed by atoms with van der Waals surface area (Å²) in [4.78, 5) is 0. The highest BCUT2D eigenvalue weighted by Crippen LogP contribution is 2.17. The second-order valence-corrected chi connectivity index (χ2v) is 4.96. The van der Waals surface area contributed by atoms with E-state index in [1.54, 1.807) is 7.11 Å². The van der Waals surface area contributed by atoms with Gasteiger partial charge in [-0.15, -0.1) is 0 Å². The minimum absolute atomic E-state index is 0.605. The van der Waals surface area contributed by atoms with Crippen molar-refractivity contribution in [3.05, 3.63) is 0 Å². The van der Waals surface area contributed by atoms with Gasteiger partial charge in [0.1, 0.15) is 0 Å². The van der Waals surface area contributed by atoms with Gasteiger partial charge in [-0.3, -0.25) is 0 Å². The lowest BCUT2D eigenvalue weighted by molar-refractivity contribution is 0.182. The van der Waals surface area contributed by atoms with Crippen molar-refractivity contribution in [3.8, 4) is 0 Å². The summed E-state index contributed by atoms with van der Waals surface area (Å²) in [6.07, 6.45) is 3.80. The summed E-state index contributed by atoms with van der Waals surface area (Å²) in [6.45, 7) is 3.12. The molecule has 3 heteroatoms. The predicted octanol–water partition coefficient (Wildman–Crippen LogP) is 1.90. The summed E-state index contributed by atoms with van der Waals surface area (Å²) in [5.41, 5.74) is 0. The van der Waals surface area contributed by atoms with Gasteiger partial charge >= 0.3 is 0 Å². The van der Waals surface area contributed by atoms with E-state index in [0.717, 1.165) is 19.1 Å². The Morgan fingerprint density at radius 3 is 2.77 bits per heavy atom. The third-order valence-corrected chi connectivity index (χ3v) is 3.55. The van der Waals surface area contributed by atoms with Gasteiger partial charge in [0, 0.05) is 25.8 Å². The molecule has 0 radical (unpaired) electrons. The van der Waals surface area contributed by atoms with Crippen LogP contribution in [0.2, 0.25) is 0 Å². The number of ether oxygens (including phenoxy) is 1. The molecular weight excluding hydrogens is 182 g/mol. The van der Waals surface area contributed by atoms with E-state index in [1.165, 1.54) is 24.3 Å². The molecule has 0 aromatic heterocycles. The number of hydrogen-bond acceptors (Lipinski definition) is 3. The minimum Gasteiger partial charge on any atom is -0.385 e. The van der Waals surface area contributed by atoms with Crippen LogP contribution in [0.1, 0.15) is 26.2 Å². The number of thioether (sulfide) groups is 1. The first-order valence-corrected chi connectivity index (χ1v) is 6.31. The van der Waals surface area contributed by atoms with Gasteiger partial charge in [-0.2, -0.15) is 11.8 Å². The van der Waals surface area contributed by atoms with Gasteiger partial charge in [-0.25, -0.2) is 0 Å². The van der Waals surface area contributed by atoms with E-state index in [0.29, 0.717) is 6.04 Å². The number of rotatable bonds is 5. The van der Waals surface area contributed by atoms with Crippen LogP contribution in [0.15, 0.2) is 0 Å². The van der Waals surface area contributed by atoms with Crippen LogP contribution >= 0.6 is 11.8 Å². The van der Waals surface area contributed by atoms with E-state index in [2.05, 4.69) is 24.0 Å². The Morgan fingerprint density at radius 1 is 1.46 bits per heavy atom. The van der Waals surface area contributed by atoms with E-state index in [-0.39, 0.29) is 0 Å². The highest BCUT2D eigenvalue weighted by atomic mass is 32.2. The van der Waals surface area contributed by atoms with Gasteiger partial charge in [0.05, 0.1) is 0 Å². The summed E-state index contributed by atoms with van der Waals surface area (Å²) in [7, 11) is 1.77. The monoisotopic (exact) mass is 203 g/mol. The molecule has 0 amide bonds. The van der Waals surface area contributed by atoms with E-state index < -0.39 is 0 Å². The molecular formula is C10H21NOS. The molecule has 0 aromatic carbocycles. The molecule has 1 aliphatic rings. The van der Waals surface area contributed by atoms with Crippen LogP contribution < -0.4 is 5.32 Å². The van der Waals surface area contributed by atoms with Crippen molar-refractivity contribution in [3.63, 3.8) is 0 Å². The zero-order valence-electron chi connectivity index (χ0n) is 8.71. The molecule has 1 heterocycles. The van der Waals surface area contributed by atoms with Crippen molar-refractivity contribution in [1.82, 2.24) is 5.32 Å². The van der Waals surface area contributed by atoms with Crippen LogP contribution in [0, 0.1) is 0 Å². The van der Waals surface area contributed by atoms with Crippen LogP contribution in [0.4, 0.5) is 0 Å². The van der Waals surface area contributed by atoms with Gasteiger partial charge in [-0.1, -0.05) is 0 Å². The van der Waals surface area contributed by atoms with Crippen LogP contribution in [0.3, 0.4) is 0 Å². The molecule has 1 fully saturated rings. The molecule has 0 saturated carbocycles. The molecule has 1 saturated heterocycles. The summed E-state index contributed by atoms with van der Waals surface area (Å²) in [5.74, 6) is 2.66. The first-order valence-electron chi connectivity index (χ1n) is 5.15. The highest BCUT2D eigenvalue weighted by molar-refractivity contribution is 7.99. The van der Waals surface area contributed by atoms with Gasteiger partial charge in [-0.05, 0) is 37.7 Å². The molecule has 13 heavy (non-hydrogen) atoms. The van der Waals surface area contributed by atoms with E-state index in [9.17, 15) is 0 Å². The lowest BCUT2D eigenvalue weighted by Gasteiger charge is -2.26. The zero-order valence-corrected chi connectivity index (χ0v) is 9.53. The van der Waals surface area contributed by atoms with Gasteiger partial charge < -0.3 is 10.1 Å². The first-order chi connectivity index (χ1) is 6.33. The summed E-state index contributed by atoms with van der Waals surface area (Å²) in [6, 6.07) is 1.36. The summed E-state index contributed by atoms with van der Waals surface area (Å²) < 4.78 is 5.06. The maximum atomic E-state index is 5.06. The standard InChI is InChI=1S/C10H21NOS/c1-9(3-6-12-2)11-10-4-7-13-8-5-10/h9-11H,3-8H2,1-2H3. The molecule has 0 bridgehead atoms. The van der Waals surface area contributed by atoms with Crippen LogP contribution in [-0.4, -0.2) is 37.3 Å². The molecule has 0 aromatic rings. The average molecular weight is 203 g/mol. The number of methoxy groups -OCH3 is 1. The van der Waals surface area contributed by atoms with Gasteiger partial charge in [0.15, 0.2) is 0 Å². The van der Waals surface area contributed by atoms with Crippen LogP contribution in [0.5, 0.6) is 0 Å². The highest BCUT2D eigenvalue weighted by Gasteiger charge is 2.15. The lowest BCUT2D eigenvalue weighted by Crippen LogP contribution is -2.39.